The van der Waals surface area contributed by atoms with Gasteiger partial charge in [-0.05, 0) is 33.9 Å². The number of hydrogen-bond donors (Lipinski definition) is 0. The van der Waals surface area contributed by atoms with Crippen LogP contribution in [0.25, 0.3) is 0 Å². The van der Waals surface area contributed by atoms with Crippen LogP contribution in [0.15, 0.2) is 4.99 Å². The highest BCUT2D eigenvalue weighted by molar-refractivity contribution is 8.23. The molecule has 0 rings (SSSR count). The van der Waals surface area contributed by atoms with Gasteiger partial charge in [-0.25, -0.2) is 4.99 Å². The summed E-state index contributed by atoms with van der Waals surface area (Å²) in [5.74, 6) is 0.225. The number of nitrogens with zero attached hydrogens (tertiary/aromatic N) is 1. The Bertz CT molecular complexity index is 141. The molecule has 0 saturated heterocycles. The third-order valence-electron chi connectivity index (χ3n) is 0.718. The van der Waals surface area contributed by atoms with Crippen molar-refractivity contribution in [3.8, 4) is 0 Å². The summed E-state index contributed by atoms with van der Waals surface area (Å²) in [5, 5.41) is 2.19. The van der Waals surface area contributed by atoms with Gasteiger partial charge in [0.25, 0.3) is 0 Å². The molecule has 0 aromatic carbocycles. The summed E-state index contributed by atoms with van der Waals surface area (Å²) in [7, 11) is 6.36. The Morgan fingerprint density at radius 2 is 2.30 bits per heavy atom. The fourth-order valence-corrected chi connectivity index (χ4v) is 1.24. The Morgan fingerprint density at radius 3 is 2.60 bits per heavy atom. The fourth-order valence-electron chi connectivity index (χ4n) is 0.238. The smallest absolute Gasteiger partial charge is 0.138 e. The van der Waals surface area contributed by atoms with Crippen LogP contribution in [0.1, 0.15) is 0 Å². The minimum atomic E-state index is -0.741. The van der Waals surface area contributed by atoms with Gasteiger partial charge in [-0.1, -0.05) is 0 Å². The van der Waals surface area contributed by atoms with Crippen molar-refractivity contribution >= 4 is 62.2 Å². The lowest BCUT2D eigenvalue weighted by Gasteiger charge is -2.15. The molecule has 1 nitrogen and oxygen atoms in total. The maximum Gasteiger partial charge on any atom is 0.138 e. The lowest BCUT2D eigenvalue weighted by Crippen LogP contribution is -2.21. The number of thiocarbonyl (C=S) groups is 1. The Morgan fingerprint density at radius 1 is 1.70 bits per heavy atom. The molecule has 0 aliphatic carbocycles. The Kier molecular flexibility index (Phi) is 6.22. The predicted octanol–water partition coefficient (Wildman–Crippen LogP) is 3.15. The number of alkyl halides is 2. The molecule has 0 spiro atoms. The zero-order chi connectivity index (χ0) is 8.04. The monoisotopic (exact) mass is 235 g/mol. The highest BCUT2D eigenvalue weighted by Crippen LogP contribution is 2.34. The molecule has 0 saturated carbocycles. The zero-order valence-electron chi connectivity index (χ0n) is 4.81. The lowest BCUT2D eigenvalue weighted by molar-refractivity contribution is 0.898. The van der Waals surface area contributed by atoms with E-state index in [2.05, 4.69) is 22.4 Å². The van der Waals surface area contributed by atoms with Gasteiger partial charge in [0.1, 0.15) is 4.21 Å². The van der Waals surface area contributed by atoms with E-state index >= 15 is 0 Å². The van der Waals surface area contributed by atoms with Gasteiger partial charge in [0.05, 0.1) is 17.6 Å². The molecule has 0 aromatic heterocycles. The van der Waals surface area contributed by atoms with Gasteiger partial charge in [-0.2, -0.15) is 0 Å². The van der Waals surface area contributed by atoms with Crippen molar-refractivity contribution in [2.75, 3.05) is 12.4 Å². The molecule has 0 N–H and O–H groups in total. The van der Waals surface area contributed by atoms with Gasteiger partial charge < -0.3 is 0 Å². The third kappa shape index (κ3) is 4.02. The minimum absolute atomic E-state index is 0.225. The Balaban J connectivity index is 3.92. The molecule has 0 amide bonds. The van der Waals surface area contributed by atoms with Crippen LogP contribution in [-0.2, 0) is 0 Å². The zero-order valence-corrected chi connectivity index (χ0v) is 8.71. The van der Waals surface area contributed by atoms with E-state index in [1.165, 1.54) is 0 Å². The van der Waals surface area contributed by atoms with Crippen molar-refractivity contribution in [2.45, 2.75) is 4.21 Å². The van der Waals surface area contributed by atoms with Crippen LogP contribution in [0.4, 0.5) is 0 Å². The molecular weight excluding hydrogens is 233 g/mol. The third-order valence-corrected chi connectivity index (χ3v) is 3.76. The number of halogens is 3. The first kappa shape index (κ1) is 11.0. The summed E-state index contributed by atoms with van der Waals surface area (Å²) < 4.78 is -0.741. The lowest BCUT2D eigenvalue weighted by atomic mass is 10.5. The van der Waals surface area contributed by atoms with Crippen LogP contribution in [-0.4, -0.2) is 21.8 Å². The van der Waals surface area contributed by atoms with Crippen LogP contribution < -0.4 is 0 Å². The summed E-state index contributed by atoms with van der Waals surface area (Å²) in [5.41, 5.74) is 0. The second kappa shape index (κ2) is 5.64. The second-order valence-electron chi connectivity index (χ2n) is 1.50. The van der Waals surface area contributed by atoms with E-state index < -0.39 is 4.21 Å². The van der Waals surface area contributed by atoms with Gasteiger partial charge in [-0.3, -0.25) is 0 Å². The fraction of sp³-hybridized carbons (Fsp3) is 0.750. The van der Waals surface area contributed by atoms with Crippen LogP contribution in [0, 0.1) is 0 Å². The van der Waals surface area contributed by atoms with Crippen molar-refractivity contribution in [3.63, 3.8) is 0 Å². The summed E-state index contributed by atoms with van der Waals surface area (Å²) in [4.78, 5) is 3.63. The molecule has 0 bridgehead atoms. The minimum Gasteiger partial charge on any atom is -0.230 e. The molecule has 0 radical (unpaired) electrons. The number of rotatable bonds is 4. The van der Waals surface area contributed by atoms with E-state index in [1.54, 1.807) is 0 Å². The van der Waals surface area contributed by atoms with Crippen molar-refractivity contribution in [1.82, 2.24) is 0 Å². The molecule has 10 heavy (non-hydrogen) atoms. The van der Waals surface area contributed by atoms with Gasteiger partial charge in [-0.15, -0.1) is 23.2 Å². The maximum absolute atomic E-state index is 5.81. The quantitative estimate of drug-likeness (QED) is 0.422. The average Bonchev–Trinajstić information content (AvgIpc) is 2.00. The van der Waals surface area contributed by atoms with Crippen LogP contribution >= 0.6 is 57.1 Å². The number of isothiocyanates is 1. The molecule has 0 fully saturated rings. The molecule has 6 heteroatoms. The highest BCUT2D eigenvalue weighted by Gasteiger charge is 2.25. The van der Waals surface area contributed by atoms with Gasteiger partial charge >= 0.3 is 0 Å². The average molecular weight is 237 g/mol. The molecule has 0 heterocycles. The molecule has 0 aliphatic rings. The van der Waals surface area contributed by atoms with Crippen LogP contribution in [0.3, 0.4) is 0 Å². The SMILES string of the molecule is S=C=NCC(Cl)(CCl)SCl. The van der Waals surface area contributed by atoms with Gasteiger partial charge in [0.15, 0.2) is 0 Å². The molecule has 0 aromatic rings. The van der Waals surface area contributed by atoms with Gasteiger partial charge in [0.2, 0.25) is 0 Å². The van der Waals surface area contributed by atoms with Crippen molar-refractivity contribution in [3.05, 3.63) is 0 Å². The summed E-state index contributed by atoms with van der Waals surface area (Å²) in [6.07, 6.45) is 0. The number of aliphatic imine (C=N–C) groups is 1. The molecule has 58 valence electrons. The van der Waals surface area contributed by atoms with Gasteiger partial charge in [0, 0.05) is 0 Å². The van der Waals surface area contributed by atoms with E-state index in [9.17, 15) is 0 Å². The standard InChI is InChI=1S/C4H4Cl3NS2/c5-1-4(6,10-7)2-8-3-9/h1-2H2. The van der Waals surface area contributed by atoms with Crippen LogP contribution in [0.5, 0.6) is 0 Å². The molecular formula is C4H4Cl3NS2. The second-order valence-corrected chi connectivity index (χ2v) is 4.30. The Labute approximate surface area is 83.6 Å². The number of hydrogen-bond acceptors (Lipinski definition) is 3. The first-order valence-corrected chi connectivity index (χ1v) is 5.23. The topological polar surface area (TPSA) is 12.4 Å². The molecule has 0 aliphatic heterocycles. The van der Waals surface area contributed by atoms with E-state index in [1.807, 2.05) is 0 Å². The summed E-state index contributed by atoms with van der Waals surface area (Å²) >= 11 is 15.6. The first-order valence-electron chi connectivity index (χ1n) is 2.27. The van der Waals surface area contributed by atoms with Crippen molar-refractivity contribution in [2.24, 2.45) is 4.99 Å². The summed E-state index contributed by atoms with van der Waals surface area (Å²) in [6, 6.07) is 0. The molecule has 1 atom stereocenters. The van der Waals surface area contributed by atoms with E-state index in [0.29, 0.717) is 0 Å². The van der Waals surface area contributed by atoms with Crippen molar-refractivity contribution in [1.29, 1.82) is 0 Å². The normalized spacial score (nSPS) is 15.5. The first-order chi connectivity index (χ1) is 4.68. The van der Waals surface area contributed by atoms with Crippen molar-refractivity contribution < 1.29 is 0 Å². The largest absolute Gasteiger partial charge is 0.230 e. The highest BCUT2D eigenvalue weighted by atomic mass is 35.7. The molecule has 1 unspecified atom stereocenters. The maximum atomic E-state index is 5.81. The summed E-state index contributed by atoms with van der Waals surface area (Å²) in [6.45, 7) is 0.287. The van der Waals surface area contributed by atoms with E-state index in [0.717, 1.165) is 11.0 Å². The van der Waals surface area contributed by atoms with E-state index in [4.69, 9.17) is 33.9 Å². The Hall–Kier alpha value is 1.02. The van der Waals surface area contributed by atoms with Crippen LogP contribution in [0.2, 0.25) is 0 Å². The van der Waals surface area contributed by atoms with E-state index in [-0.39, 0.29) is 12.4 Å². The predicted molar refractivity (Wildman–Crippen MR) is 52.6 cm³/mol.